The van der Waals surface area contributed by atoms with Crippen LogP contribution in [-0.2, 0) is 0 Å². The first kappa shape index (κ1) is 10.7. The lowest BCUT2D eigenvalue weighted by atomic mass is 10.3. The Balaban J connectivity index is 0.000000218. The van der Waals surface area contributed by atoms with Crippen LogP contribution in [0.25, 0.3) is 0 Å². The van der Waals surface area contributed by atoms with E-state index in [1.54, 1.807) is 45.9 Å². The molecule has 1 nitrogen and oxygen atoms in total. The summed E-state index contributed by atoms with van der Waals surface area (Å²) < 4.78 is 0. The van der Waals surface area contributed by atoms with Crippen LogP contribution in [0.5, 0.6) is 5.75 Å². The van der Waals surface area contributed by atoms with Crippen molar-refractivity contribution >= 4 is 21.6 Å². The van der Waals surface area contributed by atoms with Crippen molar-refractivity contribution in [1.29, 1.82) is 0 Å². The fourth-order valence-corrected chi connectivity index (χ4v) is 0.428. The normalized spacial score (nSPS) is 8.18. The molecule has 0 aliphatic rings. The van der Waals surface area contributed by atoms with Crippen LogP contribution in [-0.4, -0.2) is 17.6 Å². The molecule has 1 N–H and O–H groups in total. The fourth-order valence-electron chi connectivity index (χ4n) is 0.428. The predicted molar refractivity (Wildman–Crippen MR) is 55.1 cm³/mol. The van der Waals surface area contributed by atoms with Crippen molar-refractivity contribution in [2.75, 3.05) is 12.5 Å². The van der Waals surface area contributed by atoms with Crippen molar-refractivity contribution in [2.24, 2.45) is 0 Å². The smallest absolute Gasteiger partial charge is 0.115 e. The van der Waals surface area contributed by atoms with E-state index >= 15 is 0 Å². The molecular weight excluding hydrogens is 176 g/mol. The number of hydrogen-bond donors (Lipinski definition) is 1. The Hall–Kier alpha value is -0.280. The summed E-state index contributed by atoms with van der Waals surface area (Å²) in [7, 11) is 3.55. The largest absolute Gasteiger partial charge is 0.508 e. The number of para-hydroxylation sites is 1. The van der Waals surface area contributed by atoms with Crippen LogP contribution in [0.15, 0.2) is 30.3 Å². The minimum absolute atomic E-state index is 0.322. The van der Waals surface area contributed by atoms with Gasteiger partial charge in [-0.1, -0.05) is 39.8 Å². The first-order chi connectivity index (χ1) is 5.31. The van der Waals surface area contributed by atoms with E-state index < -0.39 is 0 Å². The molecule has 0 radical (unpaired) electrons. The molecule has 0 heterocycles. The van der Waals surface area contributed by atoms with Gasteiger partial charge in [0.2, 0.25) is 0 Å². The molecule has 1 aromatic carbocycles. The molecule has 1 rings (SSSR count). The minimum atomic E-state index is 0.322. The topological polar surface area (TPSA) is 20.2 Å². The van der Waals surface area contributed by atoms with Gasteiger partial charge in [0, 0.05) is 0 Å². The zero-order chi connectivity index (χ0) is 8.53. The summed E-state index contributed by atoms with van der Waals surface area (Å²) in [5.74, 6) is 0.322. The molecule has 0 fully saturated rings. The van der Waals surface area contributed by atoms with Crippen molar-refractivity contribution in [2.45, 2.75) is 0 Å². The second-order valence-corrected chi connectivity index (χ2v) is 4.34. The number of phenols is 1. The van der Waals surface area contributed by atoms with Crippen LogP contribution in [0.1, 0.15) is 0 Å². The second-order valence-electron chi connectivity index (χ2n) is 1.67. The van der Waals surface area contributed by atoms with Gasteiger partial charge in [-0.05, 0) is 24.6 Å². The van der Waals surface area contributed by atoms with Crippen LogP contribution >= 0.6 is 21.6 Å². The van der Waals surface area contributed by atoms with E-state index in [-0.39, 0.29) is 0 Å². The highest BCUT2D eigenvalue weighted by molar-refractivity contribution is 8.76. The second kappa shape index (κ2) is 7.82. The van der Waals surface area contributed by atoms with Crippen LogP contribution in [0.3, 0.4) is 0 Å². The molecule has 0 spiro atoms. The summed E-state index contributed by atoms with van der Waals surface area (Å²) in [4.78, 5) is 0. The maximum atomic E-state index is 8.63. The lowest BCUT2D eigenvalue weighted by Crippen LogP contribution is -1.56. The van der Waals surface area contributed by atoms with Gasteiger partial charge in [-0.3, -0.25) is 0 Å². The van der Waals surface area contributed by atoms with Gasteiger partial charge < -0.3 is 5.11 Å². The summed E-state index contributed by atoms with van der Waals surface area (Å²) >= 11 is 0. The molecule has 3 heteroatoms. The number of hydrogen-bond acceptors (Lipinski definition) is 3. The summed E-state index contributed by atoms with van der Waals surface area (Å²) in [6, 6.07) is 8.71. The third-order valence-corrected chi connectivity index (χ3v) is 2.26. The molecule has 0 saturated heterocycles. The van der Waals surface area contributed by atoms with Crippen molar-refractivity contribution in [3.8, 4) is 5.75 Å². The van der Waals surface area contributed by atoms with Gasteiger partial charge in [0.25, 0.3) is 0 Å². The van der Waals surface area contributed by atoms with Crippen LogP contribution in [0, 0.1) is 0 Å². The monoisotopic (exact) mass is 188 g/mol. The van der Waals surface area contributed by atoms with Crippen LogP contribution in [0.2, 0.25) is 0 Å². The molecule has 0 bridgehead atoms. The average Bonchev–Trinajstić information content (AvgIpc) is 2.07. The highest BCUT2D eigenvalue weighted by atomic mass is 33.1. The van der Waals surface area contributed by atoms with E-state index in [0.717, 1.165) is 0 Å². The van der Waals surface area contributed by atoms with E-state index in [1.807, 2.05) is 6.07 Å². The van der Waals surface area contributed by atoms with E-state index in [2.05, 4.69) is 12.5 Å². The van der Waals surface area contributed by atoms with Gasteiger partial charge in [0.15, 0.2) is 0 Å². The van der Waals surface area contributed by atoms with E-state index in [4.69, 9.17) is 5.11 Å². The van der Waals surface area contributed by atoms with E-state index in [9.17, 15) is 0 Å². The number of benzene rings is 1. The number of rotatable bonds is 1. The highest BCUT2D eigenvalue weighted by Gasteiger charge is 1.74. The Morgan fingerprint density at radius 3 is 1.64 bits per heavy atom. The van der Waals surface area contributed by atoms with Gasteiger partial charge in [-0.15, -0.1) is 0 Å². The Morgan fingerprint density at radius 2 is 1.45 bits per heavy atom. The predicted octanol–water partition coefficient (Wildman–Crippen LogP) is 3.02. The fraction of sp³-hybridized carbons (Fsp3) is 0.250. The van der Waals surface area contributed by atoms with Crippen molar-refractivity contribution in [1.82, 2.24) is 0 Å². The van der Waals surface area contributed by atoms with Gasteiger partial charge >= 0.3 is 0 Å². The molecule has 1 aromatic rings. The molecule has 0 aromatic heterocycles. The van der Waals surface area contributed by atoms with Crippen molar-refractivity contribution < 1.29 is 5.11 Å². The van der Waals surface area contributed by atoms with E-state index in [1.165, 1.54) is 0 Å². The minimum Gasteiger partial charge on any atom is -0.508 e. The Bertz CT molecular complexity index is 163. The number of aromatic hydroxyl groups is 1. The Morgan fingerprint density at radius 1 is 1.00 bits per heavy atom. The van der Waals surface area contributed by atoms with Crippen LogP contribution in [0.4, 0.5) is 0 Å². The van der Waals surface area contributed by atoms with E-state index in [0.29, 0.717) is 5.75 Å². The summed E-state index contributed by atoms with van der Waals surface area (Å²) in [5, 5.41) is 8.63. The summed E-state index contributed by atoms with van der Waals surface area (Å²) in [5.41, 5.74) is 0. The molecule has 62 valence electrons. The molecular formula is C8H12OS2. The molecule has 0 aliphatic carbocycles. The number of phenolic OH excluding ortho intramolecular Hbond substituents is 1. The molecule has 0 amide bonds. The van der Waals surface area contributed by atoms with Gasteiger partial charge in [0.05, 0.1) is 0 Å². The molecule has 0 aliphatic heterocycles. The molecule has 11 heavy (non-hydrogen) atoms. The molecule has 0 atom stereocenters. The maximum Gasteiger partial charge on any atom is 0.115 e. The standard InChI is InChI=1S/C6H6O.C2H6S2/c7-6-4-2-1-3-5-6;1-3-4-2/h1-5,7H;1-2H3. The van der Waals surface area contributed by atoms with Crippen molar-refractivity contribution in [3.05, 3.63) is 30.3 Å². The average molecular weight is 188 g/mol. The van der Waals surface area contributed by atoms with Gasteiger partial charge in [0.1, 0.15) is 5.75 Å². The third kappa shape index (κ3) is 7.62. The zero-order valence-corrected chi connectivity index (χ0v) is 8.28. The Kier molecular flexibility index (Phi) is 7.62. The van der Waals surface area contributed by atoms with Gasteiger partial charge in [-0.25, -0.2) is 0 Å². The molecule has 0 unspecified atom stereocenters. The van der Waals surface area contributed by atoms with Gasteiger partial charge in [-0.2, -0.15) is 0 Å². The first-order valence-electron chi connectivity index (χ1n) is 3.12. The highest BCUT2D eigenvalue weighted by Crippen LogP contribution is 2.09. The molecule has 0 saturated carbocycles. The quantitative estimate of drug-likeness (QED) is 0.684. The lowest BCUT2D eigenvalue weighted by molar-refractivity contribution is 0.475. The Labute approximate surface area is 75.6 Å². The lowest BCUT2D eigenvalue weighted by Gasteiger charge is -1.82. The maximum absolute atomic E-state index is 8.63. The zero-order valence-electron chi connectivity index (χ0n) is 6.65. The first-order valence-corrected chi connectivity index (χ1v) is 6.08. The third-order valence-electron chi connectivity index (χ3n) is 0.923. The van der Waals surface area contributed by atoms with Crippen molar-refractivity contribution in [3.63, 3.8) is 0 Å². The van der Waals surface area contributed by atoms with Crippen LogP contribution < -0.4 is 0 Å². The summed E-state index contributed by atoms with van der Waals surface area (Å²) in [6.45, 7) is 0. The SMILES string of the molecule is CSSC.Oc1ccccc1. The summed E-state index contributed by atoms with van der Waals surface area (Å²) in [6.07, 6.45) is 4.12.